The standard InChI is InChI=1S/C25H40O/c1-18(2)21-12-14-25(5)16-15-24(4)13-11-19(3)7-6-8-20(17-26)9-10-22(24)23(21)25/h8,11,21-23,26H,1,6-7,9-10,12-17H2,2-5H3/b19-11-,20-8+/t21-,22+,23+,24+,25+/m0/s1. The number of allylic oxidation sites excluding steroid dienone is 4. The topological polar surface area (TPSA) is 20.2 Å². The largest absolute Gasteiger partial charge is 0.392 e. The van der Waals surface area contributed by atoms with Crippen molar-refractivity contribution in [3.05, 3.63) is 35.5 Å². The van der Waals surface area contributed by atoms with Gasteiger partial charge in [0.25, 0.3) is 0 Å². The van der Waals surface area contributed by atoms with Crippen LogP contribution in [0.1, 0.15) is 85.5 Å². The fourth-order valence-corrected chi connectivity index (χ4v) is 6.50. The lowest BCUT2D eigenvalue weighted by Gasteiger charge is -2.54. The van der Waals surface area contributed by atoms with Gasteiger partial charge in [0.2, 0.25) is 0 Å². The van der Waals surface area contributed by atoms with Crippen LogP contribution in [0.5, 0.6) is 0 Å². The van der Waals surface area contributed by atoms with Crippen LogP contribution in [0, 0.1) is 28.6 Å². The van der Waals surface area contributed by atoms with E-state index < -0.39 is 0 Å². The fraction of sp³-hybridized carbons (Fsp3) is 0.760. The van der Waals surface area contributed by atoms with E-state index in [1.165, 1.54) is 55.2 Å². The molecule has 26 heavy (non-hydrogen) atoms. The summed E-state index contributed by atoms with van der Waals surface area (Å²) >= 11 is 0. The van der Waals surface area contributed by atoms with Crippen LogP contribution in [0.4, 0.5) is 0 Å². The van der Waals surface area contributed by atoms with Crippen molar-refractivity contribution in [2.24, 2.45) is 28.6 Å². The summed E-state index contributed by atoms with van der Waals surface area (Å²) < 4.78 is 0. The van der Waals surface area contributed by atoms with Gasteiger partial charge in [0.1, 0.15) is 0 Å². The molecule has 0 unspecified atom stereocenters. The third-order valence-electron chi connectivity index (χ3n) is 8.36. The monoisotopic (exact) mass is 356 g/mol. The third kappa shape index (κ3) is 3.75. The molecule has 0 aromatic heterocycles. The van der Waals surface area contributed by atoms with Crippen molar-refractivity contribution in [1.29, 1.82) is 0 Å². The molecule has 0 aromatic carbocycles. The van der Waals surface area contributed by atoms with Crippen molar-refractivity contribution in [3.63, 3.8) is 0 Å². The molecule has 0 bridgehead atoms. The summed E-state index contributed by atoms with van der Waals surface area (Å²) in [6.07, 6.45) is 16.1. The summed E-state index contributed by atoms with van der Waals surface area (Å²) in [5.74, 6) is 2.21. The van der Waals surface area contributed by atoms with Gasteiger partial charge in [0, 0.05) is 0 Å². The molecule has 0 radical (unpaired) electrons. The molecule has 2 saturated carbocycles. The minimum absolute atomic E-state index is 0.234. The summed E-state index contributed by atoms with van der Waals surface area (Å²) in [5, 5.41) is 9.85. The smallest absolute Gasteiger partial charge is 0.0641 e. The van der Waals surface area contributed by atoms with Crippen LogP contribution in [0.25, 0.3) is 0 Å². The van der Waals surface area contributed by atoms with Gasteiger partial charge in [0.05, 0.1) is 6.61 Å². The Morgan fingerprint density at radius 3 is 2.54 bits per heavy atom. The number of aliphatic hydroxyl groups is 1. The first-order chi connectivity index (χ1) is 12.3. The number of hydrogen-bond acceptors (Lipinski definition) is 1. The Morgan fingerprint density at radius 1 is 1.12 bits per heavy atom. The molecule has 5 atom stereocenters. The predicted octanol–water partition coefficient (Wildman–Crippen LogP) is 6.84. The lowest BCUT2D eigenvalue weighted by molar-refractivity contribution is -0.0354. The van der Waals surface area contributed by atoms with Crippen LogP contribution in [0.3, 0.4) is 0 Å². The zero-order chi connectivity index (χ0) is 18.9. The van der Waals surface area contributed by atoms with Crippen LogP contribution in [0.15, 0.2) is 35.5 Å². The van der Waals surface area contributed by atoms with Gasteiger partial charge in [-0.15, -0.1) is 0 Å². The molecule has 0 amide bonds. The van der Waals surface area contributed by atoms with Crippen molar-refractivity contribution in [1.82, 2.24) is 0 Å². The first-order valence-corrected chi connectivity index (χ1v) is 10.9. The molecular weight excluding hydrogens is 316 g/mol. The molecule has 1 N–H and O–H groups in total. The average molecular weight is 357 g/mol. The van der Waals surface area contributed by atoms with Crippen molar-refractivity contribution in [2.75, 3.05) is 6.61 Å². The Morgan fingerprint density at radius 2 is 1.85 bits per heavy atom. The van der Waals surface area contributed by atoms with E-state index in [1.807, 2.05) is 0 Å². The van der Waals surface area contributed by atoms with Gasteiger partial charge < -0.3 is 5.11 Å². The first-order valence-electron chi connectivity index (χ1n) is 10.9. The molecule has 2 fully saturated rings. The number of hydrogen-bond donors (Lipinski definition) is 1. The molecule has 1 nitrogen and oxygen atoms in total. The van der Waals surface area contributed by atoms with E-state index in [4.69, 9.17) is 0 Å². The Hall–Kier alpha value is -0.820. The van der Waals surface area contributed by atoms with E-state index in [9.17, 15) is 5.11 Å². The second-order valence-corrected chi connectivity index (χ2v) is 10.3. The van der Waals surface area contributed by atoms with Crippen molar-refractivity contribution < 1.29 is 5.11 Å². The molecule has 3 aliphatic carbocycles. The Labute approximate surface area is 161 Å². The second-order valence-electron chi connectivity index (χ2n) is 10.3. The molecule has 146 valence electrons. The number of fused-ring (bicyclic) bond motifs is 3. The maximum Gasteiger partial charge on any atom is 0.0641 e. The summed E-state index contributed by atoms with van der Waals surface area (Å²) in [7, 11) is 0. The van der Waals surface area contributed by atoms with Gasteiger partial charge in [-0.1, -0.05) is 43.7 Å². The maximum absolute atomic E-state index is 9.85. The minimum Gasteiger partial charge on any atom is -0.392 e. The Balaban J connectivity index is 1.98. The van der Waals surface area contributed by atoms with Gasteiger partial charge >= 0.3 is 0 Å². The normalized spacial score (nSPS) is 45.3. The second kappa shape index (κ2) is 7.66. The zero-order valence-corrected chi connectivity index (χ0v) is 17.6. The average Bonchev–Trinajstić information content (AvgIpc) is 2.94. The highest BCUT2D eigenvalue weighted by Crippen LogP contribution is 2.65. The summed E-state index contributed by atoms with van der Waals surface area (Å²) in [6, 6.07) is 0. The zero-order valence-electron chi connectivity index (χ0n) is 17.6. The molecular formula is C25H40O. The first kappa shape index (κ1) is 19.9. The molecule has 0 aromatic rings. The van der Waals surface area contributed by atoms with Gasteiger partial charge in [-0.2, -0.15) is 0 Å². The van der Waals surface area contributed by atoms with Crippen LogP contribution in [0.2, 0.25) is 0 Å². The third-order valence-corrected chi connectivity index (χ3v) is 8.36. The van der Waals surface area contributed by atoms with Crippen LogP contribution < -0.4 is 0 Å². The van der Waals surface area contributed by atoms with Crippen LogP contribution in [-0.2, 0) is 0 Å². The van der Waals surface area contributed by atoms with Crippen molar-refractivity contribution in [3.8, 4) is 0 Å². The lowest BCUT2D eigenvalue weighted by atomic mass is 9.51. The molecule has 1 heteroatoms. The SMILES string of the molecule is C=C(C)[C@@H]1CC[C@]2(C)CC[C@@]3(C)C/C=C(/C)CC/C=C(/CO)CC[C@@H]3[C@@H]12. The Kier molecular flexibility index (Phi) is 5.87. The van der Waals surface area contributed by atoms with E-state index in [0.717, 1.165) is 31.1 Å². The minimum atomic E-state index is 0.234. The van der Waals surface area contributed by atoms with Crippen molar-refractivity contribution >= 4 is 0 Å². The van der Waals surface area contributed by atoms with Crippen molar-refractivity contribution in [2.45, 2.75) is 85.5 Å². The summed E-state index contributed by atoms with van der Waals surface area (Å²) in [4.78, 5) is 0. The van der Waals surface area contributed by atoms with Gasteiger partial charge in [-0.3, -0.25) is 0 Å². The number of aliphatic hydroxyl groups excluding tert-OH is 1. The van der Waals surface area contributed by atoms with E-state index in [0.29, 0.717) is 16.7 Å². The fourth-order valence-electron chi connectivity index (χ4n) is 6.50. The predicted molar refractivity (Wildman–Crippen MR) is 112 cm³/mol. The molecule has 0 aliphatic heterocycles. The highest BCUT2D eigenvalue weighted by atomic mass is 16.3. The molecule has 0 spiro atoms. The van der Waals surface area contributed by atoms with Crippen LogP contribution >= 0.6 is 0 Å². The van der Waals surface area contributed by atoms with E-state index in [-0.39, 0.29) is 6.61 Å². The lowest BCUT2D eigenvalue weighted by Crippen LogP contribution is -2.46. The summed E-state index contributed by atoms with van der Waals surface area (Å²) in [5.41, 5.74) is 5.09. The highest BCUT2D eigenvalue weighted by molar-refractivity contribution is 5.16. The molecule has 3 rings (SSSR count). The van der Waals surface area contributed by atoms with E-state index in [2.05, 4.69) is 46.4 Å². The quantitative estimate of drug-likeness (QED) is 0.537. The maximum atomic E-state index is 9.85. The Bertz CT molecular complexity index is 597. The molecule has 0 heterocycles. The highest BCUT2D eigenvalue weighted by Gasteiger charge is 2.56. The number of rotatable bonds is 2. The van der Waals surface area contributed by atoms with Gasteiger partial charge in [0.15, 0.2) is 0 Å². The van der Waals surface area contributed by atoms with Crippen LogP contribution in [-0.4, -0.2) is 11.7 Å². The summed E-state index contributed by atoms with van der Waals surface area (Å²) in [6.45, 7) is 14.3. The van der Waals surface area contributed by atoms with Gasteiger partial charge in [-0.05, 0) is 106 Å². The van der Waals surface area contributed by atoms with E-state index in [1.54, 1.807) is 0 Å². The van der Waals surface area contributed by atoms with Gasteiger partial charge in [-0.25, -0.2) is 0 Å². The van der Waals surface area contributed by atoms with E-state index >= 15 is 0 Å². The molecule has 3 aliphatic rings. The molecule has 0 saturated heterocycles.